The molecule has 0 radical (unpaired) electrons. The van der Waals surface area contributed by atoms with E-state index < -0.39 is 8.80 Å². The number of rotatable bonds is 12. The molecule has 1 heterocycles. The van der Waals surface area contributed by atoms with E-state index in [1.807, 2.05) is 33.8 Å². The SMILES string of the molecule is CC=CCC(OCC1CO1)[Si](OCC)(OCC)OCC. The summed E-state index contributed by atoms with van der Waals surface area (Å²) >= 11 is 0. The summed E-state index contributed by atoms with van der Waals surface area (Å²) < 4.78 is 29.0. The second-order valence-corrected chi connectivity index (χ2v) is 7.20. The highest BCUT2D eigenvalue weighted by Crippen LogP contribution is 2.23. The van der Waals surface area contributed by atoms with Gasteiger partial charge in [0.05, 0.1) is 13.2 Å². The highest BCUT2D eigenvalue weighted by Gasteiger charge is 2.50. The van der Waals surface area contributed by atoms with E-state index in [1.54, 1.807) is 0 Å². The van der Waals surface area contributed by atoms with E-state index in [0.717, 1.165) is 13.0 Å². The van der Waals surface area contributed by atoms with Gasteiger partial charge in [-0.05, 0) is 34.1 Å². The smallest absolute Gasteiger partial charge is 0.372 e. The van der Waals surface area contributed by atoms with Crippen molar-refractivity contribution in [2.45, 2.75) is 45.9 Å². The van der Waals surface area contributed by atoms with Gasteiger partial charge in [0.2, 0.25) is 0 Å². The Kier molecular flexibility index (Phi) is 8.59. The van der Waals surface area contributed by atoms with Crippen molar-refractivity contribution in [3.05, 3.63) is 12.2 Å². The molecule has 0 aliphatic carbocycles. The van der Waals surface area contributed by atoms with Crippen LogP contribution in [0.15, 0.2) is 12.2 Å². The maximum absolute atomic E-state index is 6.00. The molecule has 0 saturated carbocycles. The highest BCUT2D eigenvalue weighted by molar-refractivity contribution is 6.62. The minimum atomic E-state index is -2.83. The lowest BCUT2D eigenvalue weighted by Gasteiger charge is -2.34. The van der Waals surface area contributed by atoms with Crippen LogP contribution in [-0.4, -0.2) is 53.7 Å². The molecule has 0 N–H and O–H groups in total. The maximum Gasteiger partial charge on any atom is 0.531 e. The number of epoxide rings is 1. The van der Waals surface area contributed by atoms with E-state index in [2.05, 4.69) is 6.08 Å². The van der Waals surface area contributed by atoms with Crippen LogP contribution in [0, 0.1) is 0 Å². The quantitative estimate of drug-likeness (QED) is 0.315. The van der Waals surface area contributed by atoms with Crippen LogP contribution in [0.3, 0.4) is 0 Å². The number of ether oxygens (including phenoxy) is 2. The van der Waals surface area contributed by atoms with Crippen molar-refractivity contribution in [2.75, 3.05) is 33.0 Å². The van der Waals surface area contributed by atoms with Gasteiger partial charge in [0.15, 0.2) is 0 Å². The first-order valence-corrected chi connectivity index (χ1v) is 9.28. The molecule has 0 aromatic heterocycles. The fourth-order valence-electron chi connectivity index (χ4n) is 1.97. The molecule has 1 aliphatic rings. The molecule has 2 unspecified atom stereocenters. The molecule has 1 aliphatic heterocycles. The Morgan fingerprint density at radius 3 is 2.10 bits per heavy atom. The van der Waals surface area contributed by atoms with Gasteiger partial charge < -0.3 is 22.8 Å². The summed E-state index contributed by atoms with van der Waals surface area (Å²) in [7, 11) is -2.83. The van der Waals surface area contributed by atoms with Crippen LogP contribution in [0.4, 0.5) is 0 Å². The van der Waals surface area contributed by atoms with Crippen molar-refractivity contribution < 1.29 is 22.8 Å². The Bertz CT molecular complexity index is 264. The molecular formula is C14H28O5Si. The highest BCUT2D eigenvalue weighted by atomic mass is 28.4. The van der Waals surface area contributed by atoms with Gasteiger partial charge in [-0.25, -0.2) is 0 Å². The Hall–Kier alpha value is -0.243. The van der Waals surface area contributed by atoms with Gasteiger partial charge in [0.25, 0.3) is 0 Å². The molecule has 1 rings (SSSR count). The molecule has 0 aromatic carbocycles. The molecule has 1 fully saturated rings. The minimum Gasteiger partial charge on any atom is -0.372 e. The summed E-state index contributed by atoms with van der Waals surface area (Å²) in [4.78, 5) is 0. The lowest BCUT2D eigenvalue weighted by Crippen LogP contribution is -2.57. The summed E-state index contributed by atoms with van der Waals surface area (Å²) in [5.41, 5.74) is -0.178. The Morgan fingerprint density at radius 1 is 1.15 bits per heavy atom. The van der Waals surface area contributed by atoms with E-state index in [0.29, 0.717) is 26.4 Å². The van der Waals surface area contributed by atoms with Crippen molar-refractivity contribution in [3.8, 4) is 0 Å². The fourth-order valence-corrected chi connectivity index (χ4v) is 4.71. The summed E-state index contributed by atoms with van der Waals surface area (Å²) in [5.74, 6) is 0. The second kappa shape index (κ2) is 9.65. The Morgan fingerprint density at radius 2 is 1.70 bits per heavy atom. The first-order valence-electron chi connectivity index (χ1n) is 7.48. The molecule has 118 valence electrons. The first kappa shape index (κ1) is 17.8. The zero-order valence-electron chi connectivity index (χ0n) is 13.1. The average molecular weight is 304 g/mol. The van der Waals surface area contributed by atoms with Crippen molar-refractivity contribution in [1.29, 1.82) is 0 Å². The topological polar surface area (TPSA) is 49.5 Å². The Labute approximate surface area is 123 Å². The van der Waals surface area contributed by atoms with E-state index in [4.69, 9.17) is 22.8 Å². The predicted octanol–water partition coefficient (Wildman–Crippen LogP) is 2.32. The monoisotopic (exact) mass is 304 g/mol. The summed E-state index contributed by atoms with van der Waals surface area (Å²) in [5, 5.41) is 0. The first-order chi connectivity index (χ1) is 9.72. The third kappa shape index (κ3) is 5.63. The van der Waals surface area contributed by atoms with Crippen LogP contribution in [0.2, 0.25) is 0 Å². The average Bonchev–Trinajstić information content (AvgIpc) is 3.23. The molecule has 5 nitrogen and oxygen atoms in total. The molecule has 20 heavy (non-hydrogen) atoms. The number of allylic oxidation sites excluding steroid dienone is 1. The minimum absolute atomic E-state index is 0.178. The standard InChI is InChI=1S/C14H28O5Si/c1-5-9-10-14(16-12-13-11-15-13)20(17-6-2,18-7-3)19-8-4/h5,9,13-14H,6-8,10-12H2,1-4H3. The van der Waals surface area contributed by atoms with Crippen LogP contribution >= 0.6 is 0 Å². The van der Waals surface area contributed by atoms with E-state index >= 15 is 0 Å². The summed E-state index contributed by atoms with van der Waals surface area (Å²) in [6.07, 6.45) is 5.03. The van der Waals surface area contributed by atoms with Crippen LogP contribution in [0.1, 0.15) is 34.1 Å². The van der Waals surface area contributed by atoms with Gasteiger partial charge in [-0.2, -0.15) is 0 Å². The molecule has 0 spiro atoms. The number of hydrogen-bond donors (Lipinski definition) is 0. The van der Waals surface area contributed by atoms with Crippen molar-refractivity contribution >= 4 is 8.80 Å². The molecule has 0 aromatic rings. The van der Waals surface area contributed by atoms with Gasteiger partial charge in [0.1, 0.15) is 11.8 Å². The molecule has 6 heteroatoms. The zero-order valence-corrected chi connectivity index (χ0v) is 14.1. The normalized spacial score (nSPS) is 20.5. The fraction of sp³-hybridized carbons (Fsp3) is 0.857. The molecule has 1 saturated heterocycles. The third-order valence-electron chi connectivity index (χ3n) is 2.90. The largest absolute Gasteiger partial charge is 0.531 e. The van der Waals surface area contributed by atoms with Gasteiger partial charge in [-0.3, -0.25) is 0 Å². The third-order valence-corrected chi connectivity index (χ3v) is 6.17. The lowest BCUT2D eigenvalue weighted by molar-refractivity contribution is -0.0124. The van der Waals surface area contributed by atoms with Gasteiger partial charge in [-0.15, -0.1) is 0 Å². The van der Waals surface area contributed by atoms with E-state index in [-0.39, 0.29) is 11.8 Å². The van der Waals surface area contributed by atoms with E-state index in [1.165, 1.54) is 0 Å². The van der Waals surface area contributed by atoms with Gasteiger partial charge in [-0.1, -0.05) is 12.2 Å². The number of hydrogen-bond acceptors (Lipinski definition) is 5. The zero-order chi connectivity index (χ0) is 14.8. The van der Waals surface area contributed by atoms with Crippen molar-refractivity contribution in [3.63, 3.8) is 0 Å². The predicted molar refractivity (Wildman–Crippen MR) is 79.5 cm³/mol. The van der Waals surface area contributed by atoms with Crippen molar-refractivity contribution in [1.82, 2.24) is 0 Å². The van der Waals surface area contributed by atoms with Gasteiger partial charge >= 0.3 is 8.80 Å². The Balaban J connectivity index is 2.78. The van der Waals surface area contributed by atoms with Gasteiger partial charge in [0, 0.05) is 19.8 Å². The van der Waals surface area contributed by atoms with Crippen molar-refractivity contribution in [2.24, 2.45) is 0 Å². The molecule has 0 bridgehead atoms. The molecule has 0 amide bonds. The lowest BCUT2D eigenvalue weighted by atomic mass is 10.4. The summed E-state index contributed by atoms with van der Waals surface area (Å²) in [6.45, 7) is 10.9. The molecular weight excluding hydrogens is 276 g/mol. The van der Waals surface area contributed by atoms with Crippen LogP contribution in [0.25, 0.3) is 0 Å². The summed E-state index contributed by atoms with van der Waals surface area (Å²) in [6, 6.07) is 0. The molecule has 2 atom stereocenters. The van der Waals surface area contributed by atoms with Crippen LogP contribution < -0.4 is 0 Å². The van der Waals surface area contributed by atoms with E-state index in [9.17, 15) is 0 Å². The second-order valence-electron chi connectivity index (χ2n) is 4.48. The van der Waals surface area contributed by atoms with Crippen LogP contribution in [-0.2, 0) is 22.8 Å². The van der Waals surface area contributed by atoms with Crippen LogP contribution in [0.5, 0.6) is 0 Å². The maximum atomic E-state index is 6.00.